The fourth-order valence-electron chi connectivity index (χ4n) is 2.67. The first kappa shape index (κ1) is 18.2. The lowest BCUT2D eigenvalue weighted by atomic mass is 10.2. The maximum atomic E-state index is 12.7. The Morgan fingerprint density at radius 2 is 1.88 bits per heavy atom. The van der Waals surface area contributed by atoms with Gasteiger partial charge in [0.25, 0.3) is 10.0 Å². The third kappa shape index (κ3) is 3.68. The molecule has 0 atom stereocenters. The van der Waals surface area contributed by atoms with Gasteiger partial charge in [-0.05, 0) is 59.1 Å². The molecule has 0 amide bonds. The number of hydrogen-bond acceptors (Lipinski definition) is 4. The van der Waals surface area contributed by atoms with Gasteiger partial charge < -0.3 is 0 Å². The zero-order valence-electron chi connectivity index (χ0n) is 13.4. The van der Waals surface area contributed by atoms with Gasteiger partial charge >= 0.3 is 0 Å². The van der Waals surface area contributed by atoms with E-state index in [-0.39, 0.29) is 10.6 Å². The van der Waals surface area contributed by atoms with Gasteiger partial charge in [-0.3, -0.25) is 9.03 Å². The van der Waals surface area contributed by atoms with Gasteiger partial charge in [-0.25, -0.2) is 16.8 Å². The topological polar surface area (TPSA) is 83.6 Å². The largest absolute Gasteiger partial charge is 0.279 e. The zero-order chi connectivity index (χ0) is 18.2. The number of aryl methyl sites for hydroxylation is 1. The molecular formula is C16H17BrN2O4S2. The summed E-state index contributed by atoms with van der Waals surface area (Å²) in [5, 5.41) is 0. The quantitative estimate of drug-likeness (QED) is 0.784. The second kappa shape index (κ2) is 6.62. The predicted octanol–water partition coefficient (Wildman–Crippen LogP) is 3.10. The molecule has 1 aliphatic heterocycles. The van der Waals surface area contributed by atoms with Crippen LogP contribution in [0.3, 0.4) is 0 Å². The minimum absolute atomic E-state index is 0.110. The van der Waals surface area contributed by atoms with Crippen molar-refractivity contribution in [2.45, 2.75) is 18.2 Å². The number of nitrogens with zero attached hydrogens (tertiary/aromatic N) is 1. The van der Waals surface area contributed by atoms with Crippen LogP contribution >= 0.6 is 15.9 Å². The van der Waals surface area contributed by atoms with Crippen molar-refractivity contribution in [3.63, 3.8) is 0 Å². The van der Waals surface area contributed by atoms with E-state index in [2.05, 4.69) is 20.7 Å². The van der Waals surface area contributed by atoms with E-state index in [9.17, 15) is 16.8 Å². The molecule has 0 unspecified atom stereocenters. The molecule has 1 saturated heterocycles. The third-order valence-electron chi connectivity index (χ3n) is 3.98. The molecule has 2 aromatic rings. The molecule has 3 rings (SSSR count). The van der Waals surface area contributed by atoms with Gasteiger partial charge in [0, 0.05) is 11.0 Å². The molecule has 2 aromatic carbocycles. The highest BCUT2D eigenvalue weighted by Crippen LogP contribution is 2.30. The molecule has 134 valence electrons. The summed E-state index contributed by atoms with van der Waals surface area (Å²) in [6.45, 7) is 2.17. The maximum absolute atomic E-state index is 12.7. The molecule has 0 radical (unpaired) electrons. The van der Waals surface area contributed by atoms with E-state index in [0.29, 0.717) is 34.4 Å². The van der Waals surface area contributed by atoms with E-state index in [4.69, 9.17) is 0 Å². The number of rotatable bonds is 4. The van der Waals surface area contributed by atoms with Crippen LogP contribution in [0.4, 0.5) is 11.4 Å². The van der Waals surface area contributed by atoms with E-state index >= 15 is 0 Å². The van der Waals surface area contributed by atoms with Crippen LogP contribution in [-0.4, -0.2) is 29.1 Å². The first-order valence-electron chi connectivity index (χ1n) is 7.59. The van der Waals surface area contributed by atoms with Crippen molar-refractivity contribution in [3.8, 4) is 0 Å². The summed E-state index contributed by atoms with van der Waals surface area (Å²) in [7, 11) is -7.12. The molecule has 0 aromatic heterocycles. The molecular weight excluding hydrogens is 428 g/mol. The molecule has 0 spiro atoms. The van der Waals surface area contributed by atoms with Gasteiger partial charge in [-0.1, -0.05) is 18.2 Å². The number of halogens is 1. The second-order valence-corrected chi connectivity index (χ2v) is 10.3. The van der Waals surface area contributed by atoms with E-state index in [0.717, 1.165) is 0 Å². The summed E-state index contributed by atoms with van der Waals surface area (Å²) in [5.74, 6) is 0.110. The summed E-state index contributed by atoms with van der Waals surface area (Å²) in [5.41, 5.74) is 1.53. The van der Waals surface area contributed by atoms with E-state index in [1.165, 1.54) is 10.4 Å². The van der Waals surface area contributed by atoms with Crippen molar-refractivity contribution in [1.82, 2.24) is 0 Å². The number of sulfonamides is 2. The van der Waals surface area contributed by atoms with Crippen molar-refractivity contribution >= 4 is 47.4 Å². The molecule has 1 fully saturated rings. The number of benzene rings is 2. The van der Waals surface area contributed by atoms with Crippen LogP contribution < -0.4 is 9.03 Å². The number of hydrogen-bond donors (Lipinski definition) is 1. The van der Waals surface area contributed by atoms with Gasteiger partial charge in [0.2, 0.25) is 10.0 Å². The highest BCUT2D eigenvalue weighted by Gasteiger charge is 2.29. The van der Waals surface area contributed by atoms with Crippen LogP contribution in [0.1, 0.15) is 12.0 Å². The standard InChI is InChI=1S/C16H17BrN2O4S2/c1-12-7-8-13(19-9-4-10-24(19,20)21)11-15(12)18-25(22,23)16-6-3-2-5-14(16)17/h2-3,5-8,11,18H,4,9-10H2,1H3. The third-order valence-corrected chi connectivity index (χ3v) is 8.23. The number of nitrogens with one attached hydrogen (secondary N) is 1. The lowest BCUT2D eigenvalue weighted by molar-refractivity contribution is 0.598. The van der Waals surface area contributed by atoms with Crippen LogP contribution in [0.2, 0.25) is 0 Å². The summed E-state index contributed by atoms with van der Waals surface area (Å²) in [6.07, 6.45) is 0.564. The van der Waals surface area contributed by atoms with Gasteiger partial charge in [-0.15, -0.1) is 0 Å². The molecule has 25 heavy (non-hydrogen) atoms. The molecule has 1 N–H and O–H groups in total. The minimum Gasteiger partial charge on any atom is -0.279 e. The Morgan fingerprint density at radius 3 is 2.52 bits per heavy atom. The van der Waals surface area contributed by atoms with Gasteiger partial charge in [0.05, 0.1) is 17.1 Å². The Kier molecular flexibility index (Phi) is 4.82. The minimum atomic E-state index is -3.80. The van der Waals surface area contributed by atoms with E-state index < -0.39 is 20.0 Å². The van der Waals surface area contributed by atoms with Crippen LogP contribution in [-0.2, 0) is 20.0 Å². The predicted molar refractivity (Wildman–Crippen MR) is 102 cm³/mol. The summed E-state index contributed by atoms with van der Waals surface area (Å²) in [6, 6.07) is 11.5. The van der Waals surface area contributed by atoms with E-state index in [1.807, 2.05) is 0 Å². The molecule has 0 aliphatic carbocycles. The van der Waals surface area contributed by atoms with Gasteiger partial charge in [0.15, 0.2) is 0 Å². The van der Waals surface area contributed by atoms with Gasteiger partial charge in [-0.2, -0.15) is 0 Å². The fourth-order valence-corrected chi connectivity index (χ4v) is 6.35. The van der Waals surface area contributed by atoms with Crippen molar-refractivity contribution in [2.75, 3.05) is 21.3 Å². The molecule has 9 heteroatoms. The maximum Gasteiger partial charge on any atom is 0.263 e. The molecule has 6 nitrogen and oxygen atoms in total. The average molecular weight is 445 g/mol. The van der Waals surface area contributed by atoms with Crippen molar-refractivity contribution in [3.05, 3.63) is 52.5 Å². The Labute approximate surface area is 156 Å². The SMILES string of the molecule is Cc1ccc(N2CCCS2(=O)=O)cc1NS(=O)(=O)c1ccccc1Br. The fraction of sp³-hybridized carbons (Fsp3) is 0.250. The normalized spacial score (nSPS) is 16.8. The average Bonchev–Trinajstić information content (AvgIpc) is 2.89. The van der Waals surface area contributed by atoms with Crippen LogP contribution in [0.15, 0.2) is 51.8 Å². The molecule has 0 bridgehead atoms. The van der Waals surface area contributed by atoms with Crippen molar-refractivity contribution < 1.29 is 16.8 Å². The summed E-state index contributed by atoms with van der Waals surface area (Å²) < 4.78 is 53.8. The number of anilines is 2. The monoisotopic (exact) mass is 444 g/mol. The van der Waals surface area contributed by atoms with Gasteiger partial charge in [0.1, 0.15) is 4.90 Å². The smallest absolute Gasteiger partial charge is 0.263 e. The molecule has 1 aliphatic rings. The Morgan fingerprint density at radius 1 is 1.16 bits per heavy atom. The Hall–Kier alpha value is -1.58. The van der Waals surface area contributed by atoms with E-state index in [1.54, 1.807) is 43.3 Å². The Bertz CT molecular complexity index is 1020. The van der Waals surface area contributed by atoms with Crippen molar-refractivity contribution in [2.24, 2.45) is 0 Å². The molecule has 1 heterocycles. The first-order valence-corrected chi connectivity index (χ1v) is 11.5. The lowest BCUT2D eigenvalue weighted by Crippen LogP contribution is -2.25. The van der Waals surface area contributed by atoms with Crippen LogP contribution in [0.25, 0.3) is 0 Å². The molecule has 0 saturated carbocycles. The van der Waals surface area contributed by atoms with Crippen LogP contribution in [0, 0.1) is 6.92 Å². The second-order valence-electron chi connectivity index (χ2n) is 5.78. The highest BCUT2D eigenvalue weighted by atomic mass is 79.9. The lowest BCUT2D eigenvalue weighted by Gasteiger charge is -2.19. The Balaban J connectivity index is 1.98. The summed E-state index contributed by atoms with van der Waals surface area (Å²) >= 11 is 3.24. The van der Waals surface area contributed by atoms with Crippen molar-refractivity contribution in [1.29, 1.82) is 0 Å². The van der Waals surface area contributed by atoms with Crippen LogP contribution in [0.5, 0.6) is 0 Å². The highest BCUT2D eigenvalue weighted by molar-refractivity contribution is 9.10. The summed E-state index contributed by atoms with van der Waals surface area (Å²) in [4.78, 5) is 0.119. The first-order chi connectivity index (χ1) is 11.7. The zero-order valence-corrected chi connectivity index (χ0v) is 16.7.